The minimum absolute atomic E-state index is 0.0509. The fourth-order valence-electron chi connectivity index (χ4n) is 2.29. The molecule has 2 rings (SSSR count). The molecule has 0 radical (unpaired) electrons. The molecule has 1 aliphatic rings. The number of likely N-dealkylation sites (N-methyl/N-ethyl adjacent to an activating group) is 1. The van der Waals surface area contributed by atoms with Gasteiger partial charge in [-0.3, -0.25) is 9.69 Å². The van der Waals surface area contributed by atoms with E-state index in [4.69, 9.17) is 27.9 Å². The summed E-state index contributed by atoms with van der Waals surface area (Å²) in [5.74, 6) is -0.208. The topological polar surface area (TPSA) is 61.8 Å². The molecular formula is C14H18Cl2N2O3. The molecule has 0 spiro atoms. The number of hydrogen-bond acceptors (Lipinski definition) is 4. The van der Waals surface area contributed by atoms with Crippen LogP contribution in [0.4, 0.5) is 5.69 Å². The van der Waals surface area contributed by atoms with Gasteiger partial charge in [0.2, 0.25) is 5.91 Å². The van der Waals surface area contributed by atoms with Crippen molar-refractivity contribution in [3.63, 3.8) is 0 Å². The van der Waals surface area contributed by atoms with Crippen molar-refractivity contribution in [2.75, 3.05) is 45.3 Å². The van der Waals surface area contributed by atoms with Crippen molar-refractivity contribution in [3.8, 4) is 0 Å². The van der Waals surface area contributed by atoms with Crippen LogP contribution in [0.1, 0.15) is 0 Å². The Morgan fingerprint density at radius 1 is 1.43 bits per heavy atom. The number of carbonyl (C=O) groups is 1. The third kappa shape index (κ3) is 4.08. The number of nitrogens with one attached hydrogen (secondary N) is 1. The van der Waals surface area contributed by atoms with Crippen LogP contribution in [0.15, 0.2) is 18.2 Å². The number of benzene rings is 1. The maximum absolute atomic E-state index is 12.0. The van der Waals surface area contributed by atoms with Crippen molar-refractivity contribution in [2.45, 2.75) is 0 Å². The quantitative estimate of drug-likeness (QED) is 0.834. The summed E-state index contributed by atoms with van der Waals surface area (Å²) in [6, 6.07) is 5.05. The lowest BCUT2D eigenvalue weighted by molar-refractivity contribution is -0.147. The number of carbonyl (C=O) groups excluding carboxylic acids is 1. The van der Waals surface area contributed by atoms with E-state index in [-0.39, 0.29) is 24.5 Å². The molecule has 0 unspecified atom stereocenters. The monoisotopic (exact) mass is 332 g/mol. The SMILES string of the molecule is CN(CC(=O)Nc1c(Cl)cccc1Cl)CC1(CO)COC1. The number of anilines is 1. The molecule has 7 heteroatoms. The van der Waals surface area contributed by atoms with Crippen molar-refractivity contribution in [1.29, 1.82) is 0 Å². The number of para-hydroxylation sites is 1. The second-order valence-electron chi connectivity index (χ2n) is 5.47. The van der Waals surface area contributed by atoms with Crippen LogP contribution in [0.2, 0.25) is 10.0 Å². The molecule has 1 amide bonds. The molecule has 0 saturated carbocycles. The molecule has 1 aromatic carbocycles. The first kappa shape index (κ1) is 16.5. The minimum Gasteiger partial charge on any atom is -0.396 e. The first-order valence-electron chi connectivity index (χ1n) is 6.57. The van der Waals surface area contributed by atoms with E-state index in [2.05, 4.69) is 5.32 Å². The first-order valence-corrected chi connectivity index (χ1v) is 7.32. The van der Waals surface area contributed by atoms with Gasteiger partial charge in [0.05, 0.1) is 47.5 Å². The van der Waals surface area contributed by atoms with Crippen LogP contribution in [0.25, 0.3) is 0 Å². The molecule has 0 aliphatic carbocycles. The van der Waals surface area contributed by atoms with E-state index in [0.29, 0.717) is 35.5 Å². The molecule has 5 nitrogen and oxygen atoms in total. The Bertz CT molecular complexity index is 495. The molecule has 0 atom stereocenters. The van der Waals surface area contributed by atoms with Crippen LogP contribution >= 0.6 is 23.2 Å². The van der Waals surface area contributed by atoms with Crippen LogP contribution in [0.3, 0.4) is 0 Å². The minimum atomic E-state index is -0.253. The summed E-state index contributed by atoms with van der Waals surface area (Å²) in [4.78, 5) is 13.9. The number of hydrogen-bond donors (Lipinski definition) is 2. The van der Waals surface area contributed by atoms with E-state index in [0.717, 1.165) is 0 Å². The van der Waals surface area contributed by atoms with E-state index in [9.17, 15) is 9.90 Å². The van der Waals surface area contributed by atoms with Gasteiger partial charge in [-0.1, -0.05) is 29.3 Å². The van der Waals surface area contributed by atoms with Gasteiger partial charge in [-0.2, -0.15) is 0 Å². The Hall–Kier alpha value is -0.850. The number of amides is 1. The molecule has 1 aromatic rings. The molecule has 116 valence electrons. The fraction of sp³-hybridized carbons (Fsp3) is 0.500. The van der Waals surface area contributed by atoms with Crippen LogP contribution in [0, 0.1) is 5.41 Å². The van der Waals surface area contributed by atoms with Crippen molar-refractivity contribution in [3.05, 3.63) is 28.2 Å². The highest BCUT2D eigenvalue weighted by molar-refractivity contribution is 6.39. The molecule has 21 heavy (non-hydrogen) atoms. The van der Waals surface area contributed by atoms with E-state index in [1.54, 1.807) is 18.2 Å². The Balaban J connectivity index is 1.89. The summed E-state index contributed by atoms with van der Waals surface area (Å²) in [6.45, 7) is 1.86. The third-order valence-corrected chi connectivity index (χ3v) is 4.03. The van der Waals surface area contributed by atoms with Gasteiger partial charge in [0.15, 0.2) is 0 Å². The number of nitrogens with zero attached hydrogens (tertiary/aromatic N) is 1. The average Bonchev–Trinajstić information content (AvgIpc) is 2.38. The van der Waals surface area contributed by atoms with E-state index >= 15 is 0 Å². The highest BCUT2D eigenvalue weighted by atomic mass is 35.5. The lowest BCUT2D eigenvalue weighted by atomic mass is 9.86. The van der Waals surface area contributed by atoms with Crippen LogP contribution in [-0.2, 0) is 9.53 Å². The van der Waals surface area contributed by atoms with Gasteiger partial charge in [-0.25, -0.2) is 0 Å². The van der Waals surface area contributed by atoms with Gasteiger partial charge in [-0.15, -0.1) is 0 Å². The number of ether oxygens (including phenoxy) is 1. The molecule has 1 saturated heterocycles. The smallest absolute Gasteiger partial charge is 0.238 e. The normalized spacial score (nSPS) is 16.6. The molecule has 0 aromatic heterocycles. The second kappa shape index (κ2) is 6.94. The lowest BCUT2D eigenvalue weighted by Gasteiger charge is -2.42. The second-order valence-corrected chi connectivity index (χ2v) is 6.28. The van der Waals surface area contributed by atoms with Crippen LogP contribution in [-0.4, -0.2) is 55.9 Å². The predicted octanol–water partition coefficient (Wildman–Crippen LogP) is 1.87. The zero-order valence-corrected chi connectivity index (χ0v) is 13.2. The number of aliphatic hydroxyl groups excluding tert-OH is 1. The van der Waals surface area contributed by atoms with Gasteiger partial charge in [0.1, 0.15) is 0 Å². The molecule has 0 bridgehead atoms. The van der Waals surface area contributed by atoms with Crippen molar-refractivity contribution < 1.29 is 14.6 Å². The summed E-state index contributed by atoms with van der Waals surface area (Å²) in [6.07, 6.45) is 0. The Morgan fingerprint density at radius 3 is 2.52 bits per heavy atom. The van der Waals surface area contributed by atoms with Gasteiger partial charge in [-0.05, 0) is 19.2 Å². The van der Waals surface area contributed by atoms with E-state index < -0.39 is 0 Å². The van der Waals surface area contributed by atoms with E-state index in [1.165, 1.54) is 0 Å². The van der Waals surface area contributed by atoms with E-state index in [1.807, 2.05) is 11.9 Å². The van der Waals surface area contributed by atoms with Crippen molar-refractivity contribution >= 4 is 34.8 Å². The summed E-state index contributed by atoms with van der Waals surface area (Å²) in [5.41, 5.74) is 0.167. The fourth-order valence-corrected chi connectivity index (χ4v) is 2.79. The predicted molar refractivity (Wildman–Crippen MR) is 82.9 cm³/mol. The van der Waals surface area contributed by atoms with Crippen molar-refractivity contribution in [1.82, 2.24) is 4.90 Å². The Kier molecular flexibility index (Phi) is 5.46. The number of rotatable bonds is 6. The summed E-state index contributed by atoms with van der Waals surface area (Å²) in [5, 5.41) is 12.9. The molecule has 1 fully saturated rings. The highest BCUT2D eigenvalue weighted by Crippen LogP contribution is 2.30. The Labute approximate surface area is 133 Å². The zero-order chi connectivity index (χ0) is 15.5. The standard InChI is InChI=1S/C14H18Cl2N2O3/c1-18(6-14(7-19)8-21-9-14)5-12(20)17-13-10(15)3-2-4-11(13)16/h2-4,19H,5-9H2,1H3,(H,17,20). The largest absolute Gasteiger partial charge is 0.396 e. The molecule has 1 heterocycles. The number of aliphatic hydroxyl groups is 1. The summed E-state index contributed by atoms with van der Waals surface area (Å²) >= 11 is 12.0. The first-order chi connectivity index (χ1) is 9.96. The van der Waals surface area contributed by atoms with Gasteiger partial charge >= 0.3 is 0 Å². The number of halogens is 2. The maximum Gasteiger partial charge on any atom is 0.238 e. The molecular weight excluding hydrogens is 315 g/mol. The maximum atomic E-state index is 12.0. The van der Waals surface area contributed by atoms with Crippen molar-refractivity contribution in [2.24, 2.45) is 5.41 Å². The Morgan fingerprint density at radius 2 is 2.05 bits per heavy atom. The van der Waals surface area contributed by atoms with Crippen LogP contribution in [0.5, 0.6) is 0 Å². The molecule has 1 aliphatic heterocycles. The zero-order valence-electron chi connectivity index (χ0n) is 11.7. The van der Waals surface area contributed by atoms with Crippen LogP contribution < -0.4 is 5.32 Å². The third-order valence-electron chi connectivity index (χ3n) is 3.40. The summed E-state index contributed by atoms with van der Waals surface area (Å²) < 4.78 is 5.14. The van der Waals surface area contributed by atoms with Gasteiger partial charge in [0.25, 0.3) is 0 Å². The van der Waals surface area contributed by atoms with Gasteiger partial charge in [0, 0.05) is 6.54 Å². The lowest BCUT2D eigenvalue weighted by Crippen LogP contribution is -2.53. The van der Waals surface area contributed by atoms with Gasteiger partial charge < -0.3 is 15.2 Å². The molecule has 2 N–H and O–H groups in total. The highest BCUT2D eigenvalue weighted by Gasteiger charge is 2.39. The summed E-state index contributed by atoms with van der Waals surface area (Å²) in [7, 11) is 1.82. The average molecular weight is 333 g/mol.